The predicted molar refractivity (Wildman–Crippen MR) is 76.9 cm³/mol. The molecule has 1 aromatic rings. The third-order valence-electron chi connectivity index (χ3n) is 4.34. The molecule has 0 unspecified atom stereocenters. The SMILES string of the molecule is CC1CCC(CN)(Cc2cc(F)ccc2Br)CC1. The van der Waals surface area contributed by atoms with Crippen LogP contribution in [-0.2, 0) is 6.42 Å². The zero-order valence-corrected chi connectivity index (χ0v) is 12.5. The van der Waals surface area contributed by atoms with Gasteiger partial charge in [-0.05, 0) is 60.9 Å². The molecule has 0 saturated heterocycles. The quantitative estimate of drug-likeness (QED) is 0.885. The first-order valence-electron chi connectivity index (χ1n) is 6.69. The zero-order valence-electron chi connectivity index (χ0n) is 10.9. The van der Waals surface area contributed by atoms with Crippen molar-refractivity contribution in [3.63, 3.8) is 0 Å². The topological polar surface area (TPSA) is 26.0 Å². The summed E-state index contributed by atoms with van der Waals surface area (Å²) >= 11 is 3.51. The minimum atomic E-state index is -0.162. The summed E-state index contributed by atoms with van der Waals surface area (Å²) in [5.41, 5.74) is 7.23. The lowest BCUT2D eigenvalue weighted by molar-refractivity contribution is 0.163. The van der Waals surface area contributed by atoms with Crippen LogP contribution in [0.2, 0.25) is 0 Å². The Hall–Kier alpha value is -0.410. The van der Waals surface area contributed by atoms with E-state index in [1.54, 1.807) is 12.1 Å². The normalized spacial score (nSPS) is 28.3. The summed E-state index contributed by atoms with van der Waals surface area (Å²) in [4.78, 5) is 0. The molecule has 0 spiro atoms. The van der Waals surface area contributed by atoms with Crippen LogP contribution in [0, 0.1) is 17.2 Å². The lowest BCUT2D eigenvalue weighted by Crippen LogP contribution is -2.36. The fraction of sp³-hybridized carbons (Fsp3) is 0.600. The molecule has 1 fully saturated rings. The lowest BCUT2D eigenvalue weighted by atomic mass is 9.68. The summed E-state index contributed by atoms with van der Waals surface area (Å²) in [5, 5.41) is 0. The van der Waals surface area contributed by atoms with E-state index in [0.29, 0.717) is 6.54 Å². The van der Waals surface area contributed by atoms with Gasteiger partial charge in [0.2, 0.25) is 0 Å². The number of halogens is 2. The fourth-order valence-corrected chi connectivity index (χ4v) is 3.30. The van der Waals surface area contributed by atoms with E-state index in [1.807, 2.05) is 0 Å². The third-order valence-corrected chi connectivity index (χ3v) is 5.11. The van der Waals surface area contributed by atoms with Gasteiger partial charge in [0.15, 0.2) is 0 Å². The van der Waals surface area contributed by atoms with E-state index >= 15 is 0 Å². The summed E-state index contributed by atoms with van der Waals surface area (Å²) in [7, 11) is 0. The Morgan fingerprint density at radius 3 is 2.67 bits per heavy atom. The molecule has 0 aromatic heterocycles. The molecule has 0 heterocycles. The molecule has 0 bridgehead atoms. The first kappa shape index (κ1) is 14.0. The van der Waals surface area contributed by atoms with Gasteiger partial charge in [-0.15, -0.1) is 0 Å². The zero-order chi connectivity index (χ0) is 13.2. The second-order valence-electron chi connectivity index (χ2n) is 5.80. The Balaban J connectivity index is 2.17. The number of hydrogen-bond acceptors (Lipinski definition) is 1. The van der Waals surface area contributed by atoms with E-state index in [4.69, 9.17) is 5.73 Å². The Morgan fingerprint density at radius 2 is 2.06 bits per heavy atom. The van der Waals surface area contributed by atoms with Gasteiger partial charge in [-0.2, -0.15) is 0 Å². The second kappa shape index (κ2) is 5.70. The molecule has 1 saturated carbocycles. The summed E-state index contributed by atoms with van der Waals surface area (Å²) in [5.74, 6) is 0.644. The minimum Gasteiger partial charge on any atom is -0.330 e. The molecule has 0 aliphatic heterocycles. The Bertz CT molecular complexity index is 411. The van der Waals surface area contributed by atoms with E-state index in [0.717, 1.165) is 35.2 Å². The number of nitrogens with two attached hydrogens (primary N) is 1. The van der Waals surface area contributed by atoms with Crippen molar-refractivity contribution in [3.8, 4) is 0 Å². The van der Waals surface area contributed by atoms with Crippen molar-refractivity contribution in [3.05, 3.63) is 34.1 Å². The maximum atomic E-state index is 13.3. The minimum absolute atomic E-state index is 0.162. The van der Waals surface area contributed by atoms with Crippen LogP contribution in [0.5, 0.6) is 0 Å². The molecule has 0 atom stereocenters. The highest BCUT2D eigenvalue weighted by Crippen LogP contribution is 2.41. The van der Waals surface area contributed by atoms with Crippen molar-refractivity contribution in [2.24, 2.45) is 17.1 Å². The van der Waals surface area contributed by atoms with Crippen molar-refractivity contribution in [2.45, 2.75) is 39.0 Å². The molecular formula is C15H21BrFN. The van der Waals surface area contributed by atoms with Crippen molar-refractivity contribution in [2.75, 3.05) is 6.54 Å². The Kier molecular flexibility index (Phi) is 4.44. The molecule has 2 rings (SSSR count). The van der Waals surface area contributed by atoms with E-state index in [2.05, 4.69) is 22.9 Å². The Morgan fingerprint density at radius 1 is 1.39 bits per heavy atom. The Labute approximate surface area is 117 Å². The summed E-state index contributed by atoms with van der Waals surface area (Å²) in [6, 6.07) is 4.92. The monoisotopic (exact) mass is 313 g/mol. The highest BCUT2D eigenvalue weighted by Gasteiger charge is 2.33. The molecule has 18 heavy (non-hydrogen) atoms. The van der Waals surface area contributed by atoms with Gasteiger partial charge in [0.05, 0.1) is 0 Å². The molecule has 0 radical (unpaired) electrons. The second-order valence-corrected chi connectivity index (χ2v) is 6.65. The largest absolute Gasteiger partial charge is 0.330 e. The number of rotatable bonds is 3. The van der Waals surface area contributed by atoms with Gasteiger partial charge in [-0.1, -0.05) is 35.7 Å². The van der Waals surface area contributed by atoms with Gasteiger partial charge < -0.3 is 5.73 Å². The van der Waals surface area contributed by atoms with Crippen molar-refractivity contribution in [1.29, 1.82) is 0 Å². The van der Waals surface area contributed by atoms with Gasteiger partial charge in [0.25, 0.3) is 0 Å². The molecule has 1 nitrogen and oxygen atoms in total. The molecule has 1 aromatic carbocycles. The van der Waals surface area contributed by atoms with Gasteiger partial charge in [0, 0.05) is 4.47 Å². The standard InChI is InChI=1S/C15H21BrFN/c1-11-4-6-15(10-18,7-5-11)9-12-8-13(17)2-3-14(12)16/h2-3,8,11H,4-7,9-10,18H2,1H3. The van der Waals surface area contributed by atoms with Crippen LogP contribution in [0.3, 0.4) is 0 Å². The number of hydrogen-bond donors (Lipinski definition) is 1. The molecular weight excluding hydrogens is 293 g/mol. The molecule has 1 aliphatic rings. The third kappa shape index (κ3) is 3.12. The lowest BCUT2D eigenvalue weighted by Gasteiger charge is -2.39. The van der Waals surface area contributed by atoms with Gasteiger partial charge >= 0.3 is 0 Å². The first-order chi connectivity index (χ1) is 8.54. The van der Waals surface area contributed by atoms with Crippen LogP contribution in [0.15, 0.2) is 22.7 Å². The predicted octanol–water partition coefficient (Wildman–Crippen LogP) is 4.29. The highest BCUT2D eigenvalue weighted by atomic mass is 79.9. The summed E-state index contributed by atoms with van der Waals surface area (Å²) in [6.45, 7) is 3.00. The van der Waals surface area contributed by atoms with Crippen molar-refractivity contribution in [1.82, 2.24) is 0 Å². The fourth-order valence-electron chi connectivity index (χ4n) is 2.91. The number of benzene rings is 1. The first-order valence-corrected chi connectivity index (χ1v) is 7.48. The van der Waals surface area contributed by atoms with Crippen molar-refractivity contribution >= 4 is 15.9 Å². The summed E-state index contributed by atoms with van der Waals surface area (Å²) < 4.78 is 14.3. The van der Waals surface area contributed by atoms with E-state index in [1.165, 1.54) is 18.9 Å². The van der Waals surface area contributed by atoms with E-state index in [-0.39, 0.29) is 11.2 Å². The van der Waals surface area contributed by atoms with Crippen LogP contribution in [0.4, 0.5) is 4.39 Å². The van der Waals surface area contributed by atoms with Gasteiger partial charge in [-0.25, -0.2) is 4.39 Å². The van der Waals surface area contributed by atoms with Crippen LogP contribution in [-0.4, -0.2) is 6.54 Å². The van der Waals surface area contributed by atoms with Crippen LogP contribution in [0.25, 0.3) is 0 Å². The van der Waals surface area contributed by atoms with Crippen LogP contribution >= 0.6 is 15.9 Å². The molecule has 100 valence electrons. The molecule has 1 aliphatic carbocycles. The van der Waals surface area contributed by atoms with E-state index in [9.17, 15) is 4.39 Å². The van der Waals surface area contributed by atoms with E-state index < -0.39 is 0 Å². The van der Waals surface area contributed by atoms with Crippen LogP contribution < -0.4 is 5.73 Å². The smallest absolute Gasteiger partial charge is 0.123 e. The van der Waals surface area contributed by atoms with Gasteiger partial charge in [-0.3, -0.25) is 0 Å². The molecule has 2 N–H and O–H groups in total. The summed E-state index contributed by atoms with van der Waals surface area (Å²) in [6.07, 6.45) is 5.68. The van der Waals surface area contributed by atoms with Crippen LogP contribution in [0.1, 0.15) is 38.2 Å². The average molecular weight is 314 g/mol. The molecule has 0 amide bonds. The van der Waals surface area contributed by atoms with Gasteiger partial charge in [0.1, 0.15) is 5.82 Å². The molecule has 3 heteroatoms. The maximum absolute atomic E-state index is 13.3. The highest BCUT2D eigenvalue weighted by molar-refractivity contribution is 9.10. The average Bonchev–Trinajstić information content (AvgIpc) is 2.37. The van der Waals surface area contributed by atoms with Crippen molar-refractivity contribution < 1.29 is 4.39 Å². The maximum Gasteiger partial charge on any atom is 0.123 e.